The summed E-state index contributed by atoms with van der Waals surface area (Å²) in [4.78, 5) is 23.4. The molecule has 2 aromatic carbocycles. The third kappa shape index (κ3) is 3.33. The van der Waals surface area contributed by atoms with Gasteiger partial charge in [-0.25, -0.2) is 4.79 Å². The maximum absolute atomic E-state index is 12.2. The molecule has 0 saturated heterocycles. The van der Waals surface area contributed by atoms with E-state index in [2.05, 4.69) is 11.2 Å². The van der Waals surface area contributed by atoms with E-state index in [1.807, 2.05) is 0 Å². The zero-order valence-electron chi connectivity index (χ0n) is 12.0. The smallest absolute Gasteiger partial charge is 0.336 e. The average molecular weight is 292 g/mol. The molecule has 4 nitrogen and oxygen atoms in total. The van der Waals surface area contributed by atoms with Gasteiger partial charge in [-0.2, -0.15) is 0 Å². The van der Waals surface area contributed by atoms with Crippen LogP contribution >= 0.6 is 0 Å². The van der Waals surface area contributed by atoms with E-state index in [1.165, 1.54) is 6.07 Å². The van der Waals surface area contributed by atoms with E-state index in [1.54, 1.807) is 49.4 Å². The van der Waals surface area contributed by atoms with Crippen molar-refractivity contribution < 1.29 is 14.7 Å². The maximum atomic E-state index is 12.2. The van der Waals surface area contributed by atoms with Gasteiger partial charge in [0.2, 0.25) is 0 Å². The van der Waals surface area contributed by atoms with Gasteiger partial charge in [-0.15, -0.1) is 0 Å². The van der Waals surface area contributed by atoms with Crippen molar-refractivity contribution in [2.45, 2.75) is 13.0 Å². The second kappa shape index (κ2) is 6.59. The molecule has 1 radical (unpaired) electrons. The Morgan fingerprint density at radius 1 is 1.14 bits per heavy atom. The van der Waals surface area contributed by atoms with Crippen LogP contribution in [0, 0.1) is 12.3 Å². The SMILES string of the molecule is [C]#Cc1ccc(C(=O)NC(C)c2ccccc2C(=O)O)cc1. The lowest BCUT2D eigenvalue weighted by atomic mass is 10.0. The largest absolute Gasteiger partial charge is 0.478 e. The molecular formula is C18H14NO3. The molecule has 0 heterocycles. The first-order valence-corrected chi connectivity index (χ1v) is 6.69. The van der Waals surface area contributed by atoms with E-state index < -0.39 is 12.0 Å². The number of amides is 1. The highest BCUT2D eigenvalue weighted by Crippen LogP contribution is 2.18. The molecule has 1 unspecified atom stereocenters. The lowest BCUT2D eigenvalue weighted by Gasteiger charge is -2.16. The van der Waals surface area contributed by atoms with Crippen molar-refractivity contribution in [3.63, 3.8) is 0 Å². The molecule has 0 aromatic heterocycles. The normalized spacial score (nSPS) is 11.3. The first-order chi connectivity index (χ1) is 10.5. The summed E-state index contributed by atoms with van der Waals surface area (Å²) in [5.74, 6) is 0.906. The Morgan fingerprint density at radius 2 is 1.77 bits per heavy atom. The van der Waals surface area contributed by atoms with Crippen LogP contribution in [0.4, 0.5) is 0 Å². The monoisotopic (exact) mass is 292 g/mol. The van der Waals surface area contributed by atoms with Crippen LogP contribution < -0.4 is 5.32 Å². The molecule has 0 aliphatic carbocycles. The van der Waals surface area contributed by atoms with Crippen LogP contribution in [-0.2, 0) is 0 Å². The van der Waals surface area contributed by atoms with Gasteiger partial charge in [0, 0.05) is 11.1 Å². The van der Waals surface area contributed by atoms with E-state index in [0.717, 1.165) is 0 Å². The number of aromatic carboxylic acids is 1. The molecule has 22 heavy (non-hydrogen) atoms. The average Bonchev–Trinajstić information content (AvgIpc) is 2.54. The van der Waals surface area contributed by atoms with Crippen molar-refractivity contribution in [3.8, 4) is 5.92 Å². The van der Waals surface area contributed by atoms with Gasteiger partial charge in [0.1, 0.15) is 0 Å². The summed E-state index contributed by atoms with van der Waals surface area (Å²) in [6.45, 7) is 1.74. The molecular weight excluding hydrogens is 278 g/mol. The Labute approximate surface area is 128 Å². The second-order valence-corrected chi connectivity index (χ2v) is 4.79. The van der Waals surface area contributed by atoms with Crippen molar-refractivity contribution in [1.29, 1.82) is 0 Å². The molecule has 0 bridgehead atoms. The van der Waals surface area contributed by atoms with Crippen molar-refractivity contribution >= 4 is 11.9 Å². The lowest BCUT2D eigenvalue weighted by molar-refractivity contribution is 0.0693. The summed E-state index contributed by atoms with van der Waals surface area (Å²) in [5.41, 5.74) is 1.75. The number of benzene rings is 2. The predicted octanol–water partition coefficient (Wildman–Crippen LogP) is 2.81. The fourth-order valence-corrected chi connectivity index (χ4v) is 2.13. The predicted molar refractivity (Wildman–Crippen MR) is 82.0 cm³/mol. The molecule has 0 saturated carbocycles. The molecule has 0 aliphatic heterocycles. The van der Waals surface area contributed by atoms with Crippen molar-refractivity contribution in [2.75, 3.05) is 0 Å². The molecule has 0 fully saturated rings. The Hall–Kier alpha value is -3.06. The van der Waals surface area contributed by atoms with Gasteiger partial charge in [0.25, 0.3) is 5.91 Å². The third-order valence-corrected chi connectivity index (χ3v) is 3.30. The number of nitrogens with one attached hydrogen (secondary N) is 1. The molecule has 4 heteroatoms. The standard InChI is InChI=1S/C18H14NO3/c1-3-13-8-10-14(11-9-13)17(20)19-12(2)15-6-4-5-7-16(15)18(21)22/h4-12H,2H3,(H,19,20)(H,21,22). The molecule has 109 valence electrons. The van der Waals surface area contributed by atoms with Gasteiger partial charge in [0.05, 0.1) is 11.6 Å². The molecule has 2 rings (SSSR count). The highest BCUT2D eigenvalue weighted by molar-refractivity contribution is 5.95. The minimum Gasteiger partial charge on any atom is -0.478 e. The maximum Gasteiger partial charge on any atom is 0.336 e. The van der Waals surface area contributed by atoms with E-state index in [4.69, 9.17) is 6.42 Å². The number of rotatable bonds is 4. The minimum atomic E-state index is -1.03. The van der Waals surface area contributed by atoms with Crippen LogP contribution in [0.5, 0.6) is 0 Å². The highest BCUT2D eigenvalue weighted by atomic mass is 16.4. The molecule has 1 atom stereocenters. The fraction of sp³-hybridized carbons (Fsp3) is 0.111. The first kappa shape index (κ1) is 15.3. The number of carbonyl (C=O) groups is 2. The molecule has 2 aromatic rings. The van der Waals surface area contributed by atoms with Gasteiger partial charge in [0.15, 0.2) is 0 Å². The van der Waals surface area contributed by atoms with Gasteiger partial charge in [-0.05, 0) is 49.2 Å². The van der Waals surface area contributed by atoms with Crippen LogP contribution in [0.15, 0.2) is 48.5 Å². The molecule has 2 N–H and O–H groups in total. The number of hydrogen-bond donors (Lipinski definition) is 2. The van der Waals surface area contributed by atoms with E-state index >= 15 is 0 Å². The Bertz CT molecular complexity index is 742. The van der Waals surface area contributed by atoms with E-state index in [-0.39, 0.29) is 11.5 Å². The highest BCUT2D eigenvalue weighted by Gasteiger charge is 2.17. The van der Waals surface area contributed by atoms with Crippen LogP contribution in [-0.4, -0.2) is 17.0 Å². The number of carboxylic acid groups (broad SMARTS) is 1. The van der Waals surface area contributed by atoms with E-state index in [9.17, 15) is 14.7 Å². The number of hydrogen-bond acceptors (Lipinski definition) is 2. The molecule has 1 amide bonds. The Kier molecular flexibility index (Phi) is 4.60. The molecule has 0 aliphatic rings. The van der Waals surface area contributed by atoms with Gasteiger partial charge in [-0.3, -0.25) is 4.79 Å². The second-order valence-electron chi connectivity index (χ2n) is 4.79. The van der Waals surface area contributed by atoms with E-state index in [0.29, 0.717) is 16.7 Å². The Balaban J connectivity index is 2.18. The van der Waals surface area contributed by atoms with Gasteiger partial charge >= 0.3 is 5.97 Å². The third-order valence-electron chi connectivity index (χ3n) is 3.30. The minimum absolute atomic E-state index is 0.170. The molecule has 0 spiro atoms. The lowest BCUT2D eigenvalue weighted by Crippen LogP contribution is -2.27. The first-order valence-electron chi connectivity index (χ1n) is 6.69. The summed E-state index contributed by atoms with van der Waals surface area (Å²) in [6, 6.07) is 12.6. The van der Waals surface area contributed by atoms with Crippen molar-refractivity contribution in [1.82, 2.24) is 5.32 Å². The number of carboxylic acids is 1. The van der Waals surface area contributed by atoms with Crippen LogP contribution in [0.3, 0.4) is 0 Å². The summed E-state index contributed by atoms with van der Waals surface area (Å²) in [7, 11) is 0. The van der Waals surface area contributed by atoms with Gasteiger partial charge < -0.3 is 10.4 Å². The number of carbonyl (C=O) groups excluding carboxylic acids is 1. The van der Waals surface area contributed by atoms with Crippen molar-refractivity contribution in [2.24, 2.45) is 0 Å². The van der Waals surface area contributed by atoms with Crippen LogP contribution in [0.25, 0.3) is 0 Å². The summed E-state index contributed by atoms with van der Waals surface area (Å²) in [5, 5.41) is 12.0. The zero-order valence-corrected chi connectivity index (χ0v) is 12.0. The van der Waals surface area contributed by atoms with Gasteiger partial charge in [-0.1, -0.05) is 24.1 Å². The summed E-state index contributed by atoms with van der Waals surface area (Å²) in [6.07, 6.45) is 7.00. The van der Waals surface area contributed by atoms with Crippen molar-refractivity contribution in [3.05, 3.63) is 77.2 Å². The Morgan fingerprint density at radius 3 is 2.36 bits per heavy atom. The zero-order chi connectivity index (χ0) is 16.1. The van der Waals surface area contributed by atoms with Crippen LogP contribution in [0.1, 0.15) is 44.8 Å². The summed E-state index contributed by atoms with van der Waals surface area (Å²) < 4.78 is 0. The summed E-state index contributed by atoms with van der Waals surface area (Å²) >= 11 is 0. The quantitative estimate of drug-likeness (QED) is 0.852. The van der Waals surface area contributed by atoms with Crippen LogP contribution in [0.2, 0.25) is 0 Å². The fourth-order valence-electron chi connectivity index (χ4n) is 2.13. The topological polar surface area (TPSA) is 66.4 Å².